The number of hydrogen-bond donors (Lipinski definition) is 2. The van der Waals surface area contributed by atoms with Crippen molar-refractivity contribution in [1.29, 1.82) is 0 Å². The molecule has 1 heterocycles. The van der Waals surface area contributed by atoms with Crippen molar-refractivity contribution in [2.24, 2.45) is 0 Å². The number of nitro benzene ring substituents is 1. The number of non-ortho nitro benzene ring substituents is 1. The largest absolute Gasteiger partial charge is 0.333 e. The lowest BCUT2D eigenvalue weighted by Gasteiger charge is -2.08. The Bertz CT molecular complexity index is 942. The second-order valence-corrected chi connectivity index (χ2v) is 6.85. The number of benzene rings is 2. The number of carbonyl (C=O) groups is 1. The Labute approximate surface area is 151 Å². The molecule has 0 aliphatic heterocycles. The van der Waals surface area contributed by atoms with Crippen molar-refractivity contribution in [3.05, 3.63) is 52.6 Å². The van der Waals surface area contributed by atoms with Gasteiger partial charge < -0.3 is 10.3 Å². The van der Waals surface area contributed by atoms with Gasteiger partial charge in [-0.2, -0.15) is 0 Å². The number of para-hydroxylation sites is 1. The highest BCUT2D eigenvalue weighted by Crippen LogP contribution is 2.26. The number of aromatic amines is 1. The summed E-state index contributed by atoms with van der Waals surface area (Å²) in [6, 6.07) is 12.0. The number of nitrogens with one attached hydrogen (secondary N) is 2. The Kier molecular flexibility index (Phi) is 5.25. The summed E-state index contributed by atoms with van der Waals surface area (Å²) in [7, 11) is 0. The fraction of sp³-hybridized carbons (Fsp3) is 0.125. The van der Waals surface area contributed by atoms with E-state index in [1.807, 2.05) is 30.5 Å². The molecule has 0 aliphatic carbocycles. The minimum Gasteiger partial charge on any atom is -0.333 e. The molecule has 0 radical (unpaired) electrons. The Morgan fingerprint density at radius 2 is 2.12 bits per heavy atom. The number of nitro groups is 1. The Morgan fingerprint density at radius 3 is 2.88 bits per heavy atom. The van der Waals surface area contributed by atoms with Crippen LogP contribution in [0.4, 0.5) is 11.4 Å². The average Bonchev–Trinajstić information content (AvgIpc) is 3.02. The van der Waals surface area contributed by atoms with Crippen molar-refractivity contribution in [2.45, 2.75) is 10.1 Å². The molecule has 9 heteroatoms. The third kappa shape index (κ3) is 4.12. The first-order valence-electron chi connectivity index (χ1n) is 7.26. The van der Waals surface area contributed by atoms with Gasteiger partial charge in [-0.1, -0.05) is 23.9 Å². The number of amides is 1. The van der Waals surface area contributed by atoms with Gasteiger partial charge in [0.05, 0.1) is 27.4 Å². The van der Waals surface area contributed by atoms with E-state index in [1.54, 1.807) is 17.8 Å². The number of H-pyrrole nitrogens is 1. The Balaban J connectivity index is 1.65. The van der Waals surface area contributed by atoms with Crippen LogP contribution < -0.4 is 5.32 Å². The van der Waals surface area contributed by atoms with Gasteiger partial charge in [-0.15, -0.1) is 11.8 Å². The van der Waals surface area contributed by atoms with E-state index in [1.165, 1.54) is 23.9 Å². The second-order valence-electron chi connectivity index (χ2n) is 5.04. The molecule has 0 saturated carbocycles. The van der Waals surface area contributed by atoms with Gasteiger partial charge in [0.25, 0.3) is 5.69 Å². The van der Waals surface area contributed by atoms with E-state index in [9.17, 15) is 14.9 Å². The molecule has 0 atom stereocenters. The molecule has 0 fully saturated rings. The van der Waals surface area contributed by atoms with Crippen LogP contribution >= 0.6 is 23.5 Å². The lowest BCUT2D eigenvalue weighted by atomic mass is 10.3. The van der Waals surface area contributed by atoms with E-state index in [2.05, 4.69) is 15.3 Å². The van der Waals surface area contributed by atoms with Gasteiger partial charge in [0.15, 0.2) is 5.16 Å². The molecule has 7 nitrogen and oxygen atoms in total. The smallest absolute Gasteiger partial charge is 0.271 e. The van der Waals surface area contributed by atoms with E-state index in [4.69, 9.17) is 0 Å². The topological polar surface area (TPSA) is 101 Å². The van der Waals surface area contributed by atoms with Crippen LogP contribution in [0.2, 0.25) is 0 Å². The van der Waals surface area contributed by atoms with E-state index >= 15 is 0 Å². The van der Waals surface area contributed by atoms with Crippen LogP contribution in [0.15, 0.2) is 52.5 Å². The number of hydrogen-bond acceptors (Lipinski definition) is 6. The number of imidazole rings is 1. The Morgan fingerprint density at radius 1 is 1.32 bits per heavy atom. The van der Waals surface area contributed by atoms with Crippen molar-refractivity contribution in [3.63, 3.8) is 0 Å². The van der Waals surface area contributed by atoms with Gasteiger partial charge in [0.1, 0.15) is 0 Å². The van der Waals surface area contributed by atoms with Crippen molar-refractivity contribution in [3.8, 4) is 0 Å². The number of carbonyl (C=O) groups excluding carboxylic acids is 1. The average molecular weight is 374 g/mol. The Hall–Kier alpha value is -2.52. The number of aromatic nitrogens is 2. The molecule has 0 unspecified atom stereocenters. The van der Waals surface area contributed by atoms with E-state index in [0.29, 0.717) is 16.2 Å². The number of thioether (sulfide) groups is 2. The normalized spacial score (nSPS) is 10.8. The zero-order chi connectivity index (χ0) is 17.8. The van der Waals surface area contributed by atoms with Gasteiger partial charge in [-0.05, 0) is 24.5 Å². The molecule has 1 aromatic heterocycles. The second kappa shape index (κ2) is 7.58. The summed E-state index contributed by atoms with van der Waals surface area (Å²) in [6.45, 7) is 0. The molecule has 128 valence electrons. The maximum atomic E-state index is 12.1. The predicted octanol–water partition coefficient (Wildman–Crippen LogP) is 3.92. The molecular weight excluding hydrogens is 360 g/mol. The molecule has 0 bridgehead atoms. The van der Waals surface area contributed by atoms with Gasteiger partial charge in [-0.3, -0.25) is 14.9 Å². The molecular formula is C16H14N4O3S2. The monoisotopic (exact) mass is 374 g/mol. The first-order valence-corrected chi connectivity index (χ1v) is 9.47. The van der Waals surface area contributed by atoms with E-state index in [0.717, 1.165) is 10.6 Å². The summed E-state index contributed by atoms with van der Waals surface area (Å²) in [5.41, 5.74) is 1.98. The quantitative estimate of drug-likeness (QED) is 0.385. The van der Waals surface area contributed by atoms with Crippen LogP contribution in [0.25, 0.3) is 11.0 Å². The highest BCUT2D eigenvalue weighted by Gasteiger charge is 2.12. The number of fused-ring (bicyclic) bond motifs is 1. The summed E-state index contributed by atoms with van der Waals surface area (Å²) in [6.07, 6.45) is 1.95. The highest BCUT2D eigenvalue weighted by atomic mass is 32.2. The lowest BCUT2D eigenvalue weighted by Crippen LogP contribution is -2.14. The molecule has 1 amide bonds. The number of rotatable bonds is 6. The summed E-state index contributed by atoms with van der Waals surface area (Å²) in [4.78, 5) is 30.8. The molecule has 0 aliphatic rings. The van der Waals surface area contributed by atoms with Gasteiger partial charge in [-0.25, -0.2) is 4.98 Å². The first-order chi connectivity index (χ1) is 12.1. The fourth-order valence-corrected chi connectivity index (χ4v) is 3.46. The van der Waals surface area contributed by atoms with Crippen LogP contribution in [0, 0.1) is 10.1 Å². The minimum absolute atomic E-state index is 0.000819. The van der Waals surface area contributed by atoms with Crippen molar-refractivity contribution in [2.75, 3.05) is 17.3 Å². The van der Waals surface area contributed by atoms with E-state index in [-0.39, 0.29) is 17.3 Å². The SMILES string of the molecule is CSc1ccccc1NC(=O)CSc1nc2ccc([N+](=O)[O-])cc2[nH]1. The molecule has 2 N–H and O–H groups in total. The highest BCUT2D eigenvalue weighted by molar-refractivity contribution is 7.99. The summed E-state index contributed by atoms with van der Waals surface area (Å²) in [5, 5.41) is 14.2. The van der Waals surface area contributed by atoms with E-state index < -0.39 is 4.92 Å². The van der Waals surface area contributed by atoms with Crippen LogP contribution in [0.5, 0.6) is 0 Å². The maximum absolute atomic E-state index is 12.1. The standard InChI is InChI=1S/C16H14N4O3S2/c1-24-14-5-3-2-4-12(14)17-15(21)9-25-16-18-11-7-6-10(20(22)23)8-13(11)19-16/h2-8H,9H2,1H3,(H,17,21)(H,18,19). The number of nitrogens with zero attached hydrogens (tertiary/aromatic N) is 2. The first kappa shape index (κ1) is 17.3. The lowest BCUT2D eigenvalue weighted by molar-refractivity contribution is -0.384. The van der Waals surface area contributed by atoms with Gasteiger partial charge in [0, 0.05) is 17.0 Å². The summed E-state index contributed by atoms with van der Waals surface area (Å²) >= 11 is 2.81. The molecule has 2 aromatic carbocycles. The third-order valence-electron chi connectivity index (χ3n) is 3.38. The van der Waals surface area contributed by atoms with Crippen molar-refractivity contribution < 1.29 is 9.72 Å². The minimum atomic E-state index is -0.455. The molecule has 0 saturated heterocycles. The molecule has 3 rings (SSSR count). The van der Waals surface area contributed by atoms with Crippen LogP contribution in [-0.4, -0.2) is 32.8 Å². The van der Waals surface area contributed by atoms with Gasteiger partial charge in [0.2, 0.25) is 5.91 Å². The van der Waals surface area contributed by atoms with Crippen LogP contribution in [0.1, 0.15) is 0 Å². The zero-order valence-electron chi connectivity index (χ0n) is 13.2. The number of anilines is 1. The molecule has 0 spiro atoms. The summed E-state index contributed by atoms with van der Waals surface area (Å²) in [5.74, 6) is 0.0443. The van der Waals surface area contributed by atoms with Crippen LogP contribution in [-0.2, 0) is 4.79 Å². The van der Waals surface area contributed by atoms with Crippen molar-refractivity contribution >= 4 is 51.8 Å². The van der Waals surface area contributed by atoms with Gasteiger partial charge >= 0.3 is 0 Å². The summed E-state index contributed by atoms with van der Waals surface area (Å²) < 4.78 is 0. The van der Waals surface area contributed by atoms with Crippen molar-refractivity contribution in [1.82, 2.24) is 9.97 Å². The molecule has 3 aromatic rings. The van der Waals surface area contributed by atoms with Crippen LogP contribution in [0.3, 0.4) is 0 Å². The maximum Gasteiger partial charge on any atom is 0.271 e. The predicted molar refractivity (Wildman–Crippen MR) is 100 cm³/mol. The molecule has 25 heavy (non-hydrogen) atoms. The zero-order valence-corrected chi connectivity index (χ0v) is 14.8. The third-order valence-corrected chi connectivity index (χ3v) is 5.04. The fourth-order valence-electron chi connectivity index (χ4n) is 2.22.